The molecule has 0 radical (unpaired) electrons. The number of amides is 2. The van der Waals surface area contributed by atoms with Gasteiger partial charge in [0.2, 0.25) is 5.43 Å². The molecule has 190 valence electrons. The molecule has 1 aliphatic rings. The maximum atomic E-state index is 14.7. The number of rotatable bonds is 5. The summed E-state index contributed by atoms with van der Waals surface area (Å²) in [5, 5.41) is 11.1. The Morgan fingerprint density at radius 1 is 1.19 bits per heavy atom. The third kappa shape index (κ3) is 4.41. The third-order valence-corrected chi connectivity index (χ3v) is 5.82. The Hall–Kier alpha value is -3.87. The number of aromatic nitrogens is 2. The lowest BCUT2D eigenvalue weighted by molar-refractivity contribution is -0.153. The summed E-state index contributed by atoms with van der Waals surface area (Å²) in [6.45, 7) is 1.28. The minimum Gasteiger partial charge on any atom is -0.383 e. The van der Waals surface area contributed by atoms with Crippen molar-refractivity contribution < 1.29 is 36.6 Å². The molecular weight excluding hydrogens is 491 g/mol. The summed E-state index contributed by atoms with van der Waals surface area (Å²) < 4.78 is 69.8. The molecule has 1 unspecified atom stereocenters. The second-order valence-electron chi connectivity index (χ2n) is 8.12. The predicted octanol–water partition coefficient (Wildman–Crippen LogP) is 2.83. The number of nitrogens with one attached hydrogen (secondary N) is 1. The molecule has 2 amide bonds. The summed E-state index contributed by atoms with van der Waals surface area (Å²) >= 11 is 0. The van der Waals surface area contributed by atoms with Gasteiger partial charge in [0, 0.05) is 19.2 Å². The van der Waals surface area contributed by atoms with E-state index in [1.807, 2.05) is 0 Å². The van der Waals surface area contributed by atoms with Gasteiger partial charge in [-0.15, -0.1) is 0 Å². The van der Waals surface area contributed by atoms with Gasteiger partial charge in [-0.3, -0.25) is 23.9 Å². The van der Waals surface area contributed by atoms with Crippen LogP contribution >= 0.6 is 0 Å². The number of pyridine rings is 2. The Labute approximate surface area is 200 Å². The molecule has 13 heteroatoms. The molecule has 36 heavy (non-hydrogen) atoms. The fraction of sp³-hybridized carbons (Fsp3) is 0.304. The van der Waals surface area contributed by atoms with E-state index in [1.165, 1.54) is 13.0 Å². The van der Waals surface area contributed by atoms with Crippen molar-refractivity contribution in [3.05, 3.63) is 63.9 Å². The first-order valence-electron chi connectivity index (χ1n) is 10.8. The Kier molecular flexibility index (Phi) is 6.52. The zero-order valence-corrected chi connectivity index (χ0v) is 18.6. The van der Waals surface area contributed by atoms with Gasteiger partial charge >= 0.3 is 6.18 Å². The molecule has 1 saturated heterocycles. The summed E-state index contributed by atoms with van der Waals surface area (Å²) in [5.74, 6) is -4.30. The van der Waals surface area contributed by atoms with Crippen LogP contribution in [-0.2, 0) is 4.79 Å². The average Bonchev–Trinajstić information content (AvgIpc) is 3.15. The molecule has 2 N–H and O–H groups in total. The van der Waals surface area contributed by atoms with Gasteiger partial charge in [0.05, 0.1) is 5.39 Å². The lowest BCUT2D eigenvalue weighted by Gasteiger charge is -2.21. The molecule has 1 aliphatic heterocycles. The molecule has 8 nitrogen and oxygen atoms in total. The van der Waals surface area contributed by atoms with Crippen molar-refractivity contribution >= 4 is 28.7 Å². The van der Waals surface area contributed by atoms with Gasteiger partial charge in [-0.05, 0) is 30.7 Å². The van der Waals surface area contributed by atoms with E-state index in [0.717, 1.165) is 33.7 Å². The first-order valence-corrected chi connectivity index (χ1v) is 10.8. The van der Waals surface area contributed by atoms with Gasteiger partial charge in [-0.2, -0.15) is 13.2 Å². The molecule has 0 saturated carbocycles. The molecule has 0 bridgehead atoms. The summed E-state index contributed by atoms with van der Waals surface area (Å²) in [6.07, 6.45) is -5.74. The first-order chi connectivity index (χ1) is 16.9. The van der Waals surface area contributed by atoms with Crippen LogP contribution in [0.4, 0.5) is 27.8 Å². The largest absolute Gasteiger partial charge is 0.408 e. The fourth-order valence-electron chi connectivity index (χ4n) is 3.94. The highest BCUT2D eigenvalue weighted by atomic mass is 19.4. The van der Waals surface area contributed by atoms with Crippen molar-refractivity contribution in [1.29, 1.82) is 0 Å². The number of benzene rings is 1. The Bertz CT molecular complexity index is 1400. The molecule has 4 rings (SSSR count). The van der Waals surface area contributed by atoms with Gasteiger partial charge < -0.3 is 10.4 Å². The van der Waals surface area contributed by atoms with Gasteiger partial charge in [0.25, 0.3) is 11.8 Å². The Morgan fingerprint density at radius 3 is 2.42 bits per heavy atom. The summed E-state index contributed by atoms with van der Waals surface area (Å²) in [6, 6.07) is 3.00. The number of carbonyl (C=O) groups is 2. The quantitative estimate of drug-likeness (QED) is 0.514. The highest BCUT2D eigenvalue weighted by Gasteiger charge is 2.40. The zero-order valence-electron chi connectivity index (χ0n) is 18.6. The number of aliphatic hydroxyl groups excluding tert-OH is 1. The SMILES string of the molecule is CC[C@@H](NC(=O)c1cn(-c2c(F)cccc2F)c2nc(N3CCC(O)C3=O)ccc2c1=O)C(F)(F)F. The standard InChI is InChI=1S/C23H19F5N4O4/c1-2-16(23(26,27)28)29-21(35)12-10-32(18-13(24)4-3-5-14(18)25)20-11(19(12)34)6-7-17(30-20)31-9-8-15(33)22(31)36/h3-7,10,15-16,33H,2,8-9H2,1H3,(H,29,35)/t15?,16-/m1/s1. The number of carbonyl (C=O) groups excluding carboxylic acids is 2. The lowest BCUT2D eigenvalue weighted by Crippen LogP contribution is -2.46. The number of halogens is 5. The van der Waals surface area contributed by atoms with Crippen LogP contribution in [-0.4, -0.2) is 51.3 Å². The van der Waals surface area contributed by atoms with Crippen LogP contribution in [0.1, 0.15) is 30.1 Å². The van der Waals surface area contributed by atoms with Crippen LogP contribution in [0.2, 0.25) is 0 Å². The van der Waals surface area contributed by atoms with E-state index in [9.17, 15) is 41.4 Å². The monoisotopic (exact) mass is 510 g/mol. The van der Waals surface area contributed by atoms with Crippen LogP contribution in [0.5, 0.6) is 0 Å². The topological polar surface area (TPSA) is 105 Å². The summed E-state index contributed by atoms with van der Waals surface area (Å²) in [7, 11) is 0. The highest BCUT2D eigenvalue weighted by Crippen LogP contribution is 2.27. The van der Waals surface area contributed by atoms with Crippen molar-refractivity contribution in [2.24, 2.45) is 0 Å². The number of alkyl halides is 3. The van der Waals surface area contributed by atoms with E-state index in [1.54, 1.807) is 5.32 Å². The van der Waals surface area contributed by atoms with Gasteiger partial charge in [-0.25, -0.2) is 13.8 Å². The van der Waals surface area contributed by atoms with Crippen molar-refractivity contribution in [2.45, 2.75) is 38.1 Å². The average molecular weight is 510 g/mol. The number of hydrogen-bond acceptors (Lipinski definition) is 5. The van der Waals surface area contributed by atoms with E-state index in [0.29, 0.717) is 6.20 Å². The van der Waals surface area contributed by atoms with E-state index >= 15 is 0 Å². The van der Waals surface area contributed by atoms with Gasteiger partial charge in [0.15, 0.2) is 5.65 Å². The number of nitrogens with zero attached hydrogens (tertiary/aromatic N) is 3. The zero-order chi connectivity index (χ0) is 26.4. The van der Waals surface area contributed by atoms with Crippen molar-refractivity contribution in [2.75, 3.05) is 11.4 Å². The maximum absolute atomic E-state index is 14.7. The number of hydrogen-bond donors (Lipinski definition) is 2. The van der Waals surface area contributed by atoms with E-state index in [4.69, 9.17) is 0 Å². The number of para-hydroxylation sites is 1. The van der Waals surface area contributed by atoms with Crippen molar-refractivity contribution in [1.82, 2.24) is 14.9 Å². The van der Waals surface area contributed by atoms with Gasteiger partial charge in [0.1, 0.15) is 40.8 Å². The van der Waals surface area contributed by atoms with Gasteiger partial charge in [-0.1, -0.05) is 13.0 Å². The molecule has 3 heterocycles. The van der Waals surface area contributed by atoms with Crippen LogP contribution < -0.4 is 15.6 Å². The first kappa shape index (κ1) is 25.2. The molecule has 2 aromatic heterocycles. The van der Waals surface area contributed by atoms with Crippen LogP contribution in [0.25, 0.3) is 16.7 Å². The molecule has 1 aromatic carbocycles. The smallest absolute Gasteiger partial charge is 0.383 e. The van der Waals surface area contributed by atoms with Crippen molar-refractivity contribution in [3.8, 4) is 5.69 Å². The minimum atomic E-state index is -4.79. The van der Waals surface area contributed by atoms with E-state index < -0.39 is 64.9 Å². The lowest BCUT2D eigenvalue weighted by atomic mass is 10.1. The predicted molar refractivity (Wildman–Crippen MR) is 118 cm³/mol. The molecule has 2 atom stereocenters. The van der Waals surface area contributed by atoms with Crippen LogP contribution in [0, 0.1) is 11.6 Å². The number of anilines is 1. The fourth-order valence-corrected chi connectivity index (χ4v) is 3.94. The number of aliphatic hydroxyl groups is 1. The Morgan fingerprint density at radius 2 is 1.86 bits per heavy atom. The van der Waals surface area contributed by atoms with Crippen molar-refractivity contribution in [3.63, 3.8) is 0 Å². The molecule has 1 fully saturated rings. The van der Waals surface area contributed by atoms with E-state index in [2.05, 4.69) is 4.98 Å². The summed E-state index contributed by atoms with van der Waals surface area (Å²) in [5.41, 5.74) is -2.92. The molecule has 3 aromatic rings. The highest BCUT2D eigenvalue weighted by molar-refractivity contribution is 6.00. The molecule has 0 spiro atoms. The second kappa shape index (κ2) is 9.30. The maximum Gasteiger partial charge on any atom is 0.408 e. The molecular formula is C23H19F5N4O4. The van der Waals surface area contributed by atoms with E-state index in [-0.39, 0.29) is 29.8 Å². The minimum absolute atomic E-state index is 0.0331. The third-order valence-electron chi connectivity index (χ3n) is 5.82. The molecule has 0 aliphatic carbocycles. The van der Waals surface area contributed by atoms with Crippen LogP contribution in [0.3, 0.4) is 0 Å². The summed E-state index contributed by atoms with van der Waals surface area (Å²) in [4.78, 5) is 43.3. The van der Waals surface area contributed by atoms with Crippen LogP contribution in [0.15, 0.2) is 41.3 Å². The number of fused-ring (bicyclic) bond motifs is 1. The normalized spacial score (nSPS) is 17.0. The Balaban J connectivity index is 1.95. The second-order valence-corrected chi connectivity index (χ2v) is 8.12.